The van der Waals surface area contributed by atoms with Gasteiger partial charge in [-0.3, -0.25) is 0 Å². The van der Waals surface area contributed by atoms with E-state index in [1.54, 1.807) is 0 Å². The van der Waals surface area contributed by atoms with Gasteiger partial charge in [0.1, 0.15) is 0 Å². The summed E-state index contributed by atoms with van der Waals surface area (Å²) in [5.74, 6) is 1.13. The largest absolute Gasteiger partial charge is 0.377 e. The Labute approximate surface area is 144 Å². The zero-order valence-electron chi connectivity index (χ0n) is 10.5. The van der Waals surface area contributed by atoms with Crippen molar-refractivity contribution in [2.75, 3.05) is 11.1 Å². The molecule has 104 valence electrons. The van der Waals surface area contributed by atoms with E-state index in [9.17, 15) is 0 Å². The third kappa shape index (κ3) is 3.19. The van der Waals surface area contributed by atoms with Crippen molar-refractivity contribution in [3.63, 3.8) is 0 Å². The molecule has 20 heavy (non-hydrogen) atoms. The molecule has 1 nitrogen and oxygen atoms in total. The van der Waals surface area contributed by atoms with Crippen LogP contribution in [0, 0.1) is 0 Å². The van der Waals surface area contributed by atoms with E-state index in [-0.39, 0.29) is 0 Å². The van der Waals surface area contributed by atoms with Crippen LogP contribution in [0.15, 0.2) is 50.2 Å². The van der Waals surface area contributed by atoms with E-state index in [1.807, 2.05) is 23.9 Å². The van der Waals surface area contributed by atoms with Crippen LogP contribution in [0.4, 0.5) is 5.69 Å². The van der Waals surface area contributed by atoms with E-state index < -0.39 is 0 Å². The monoisotopic (exact) mass is 431 g/mol. The molecular weight excluding hydrogens is 422 g/mol. The molecule has 0 radical (unpaired) electrons. The number of rotatable bonds is 2. The Morgan fingerprint density at radius 1 is 1.15 bits per heavy atom. The smallest absolute Gasteiger partial charge is 0.0533 e. The molecule has 0 saturated carbocycles. The second-order valence-corrected chi connectivity index (χ2v) is 7.98. The first kappa shape index (κ1) is 14.8. The molecule has 5 heteroatoms. The molecule has 1 N–H and O–H groups in total. The van der Waals surface area contributed by atoms with Crippen LogP contribution >= 0.6 is 55.2 Å². The fraction of sp³-hybridized carbons (Fsp3) is 0.200. The molecule has 0 amide bonds. The molecule has 2 aromatic rings. The second-order valence-electron chi connectivity index (χ2n) is 4.64. The Hall–Kier alpha value is -0.160. The highest BCUT2D eigenvalue weighted by Crippen LogP contribution is 2.40. The minimum atomic E-state index is 0.308. The van der Waals surface area contributed by atoms with Gasteiger partial charge in [0.15, 0.2) is 0 Å². The van der Waals surface area contributed by atoms with Crippen LogP contribution in [-0.4, -0.2) is 5.75 Å². The van der Waals surface area contributed by atoms with Crippen molar-refractivity contribution in [3.8, 4) is 0 Å². The van der Waals surface area contributed by atoms with Crippen molar-refractivity contribution >= 4 is 60.9 Å². The number of anilines is 1. The average Bonchev–Trinajstić information content (AvgIpc) is 2.42. The van der Waals surface area contributed by atoms with Crippen molar-refractivity contribution in [1.82, 2.24) is 0 Å². The average molecular weight is 434 g/mol. The standard InChI is InChI=1S/C15H12Br2ClNS/c16-9-1-3-14(12(17)7-9)19-13-5-6-20-15-4-2-10(18)8-11(13)15/h1-4,7-8,13,19H,5-6H2. The third-order valence-corrected chi connectivity index (χ3v) is 5.78. The molecule has 1 atom stereocenters. The van der Waals surface area contributed by atoms with Crippen molar-refractivity contribution in [2.45, 2.75) is 17.4 Å². The summed E-state index contributed by atoms with van der Waals surface area (Å²) in [6.07, 6.45) is 1.10. The normalized spacial score (nSPS) is 17.6. The first-order valence-corrected chi connectivity index (χ1v) is 9.22. The first-order valence-electron chi connectivity index (χ1n) is 6.27. The topological polar surface area (TPSA) is 12.0 Å². The lowest BCUT2D eigenvalue weighted by Gasteiger charge is -2.27. The van der Waals surface area contributed by atoms with Gasteiger partial charge in [-0.05, 0) is 64.3 Å². The van der Waals surface area contributed by atoms with Crippen LogP contribution in [0.5, 0.6) is 0 Å². The van der Waals surface area contributed by atoms with Crippen LogP contribution in [0.1, 0.15) is 18.0 Å². The number of hydrogen-bond acceptors (Lipinski definition) is 2. The van der Waals surface area contributed by atoms with Gasteiger partial charge in [-0.15, -0.1) is 11.8 Å². The van der Waals surface area contributed by atoms with Gasteiger partial charge in [0.2, 0.25) is 0 Å². The fourth-order valence-corrected chi connectivity index (χ4v) is 4.76. The lowest BCUT2D eigenvalue weighted by atomic mass is 10.0. The lowest BCUT2D eigenvalue weighted by Crippen LogP contribution is -2.16. The van der Waals surface area contributed by atoms with E-state index in [1.165, 1.54) is 10.5 Å². The highest BCUT2D eigenvalue weighted by atomic mass is 79.9. The molecule has 3 rings (SSSR count). The van der Waals surface area contributed by atoms with Gasteiger partial charge in [-0.2, -0.15) is 0 Å². The summed E-state index contributed by atoms with van der Waals surface area (Å²) in [6.45, 7) is 0. The summed E-state index contributed by atoms with van der Waals surface area (Å²) in [4.78, 5) is 1.33. The molecule has 1 unspecified atom stereocenters. The Morgan fingerprint density at radius 3 is 2.80 bits per heavy atom. The summed E-state index contributed by atoms with van der Waals surface area (Å²) >= 11 is 15.1. The summed E-state index contributed by atoms with van der Waals surface area (Å²) in [7, 11) is 0. The van der Waals surface area contributed by atoms with Gasteiger partial charge < -0.3 is 5.32 Å². The summed E-state index contributed by atoms with van der Waals surface area (Å²) in [5, 5.41) is 4.42. The summed E-state index contributed by atoms with van der Waals surface area (Å²) < 4.78 is 2.13. The predicted octanol–water partition coefficient (Wildman–Crippen LogP) is 6.51. The summed E-state index contributed by atoms with van der Waals surface area (Å²) in [6, 6.07) is 12.6. The van der Waals surface area contributed by atoms with Gasteiger partial charge in [0.05, 0.1) is 6.04 Å². The van der Waals surface area contributed by atoms with E-state index in [0.717, 1.165) is 31.8 Å². The maximum atomic E-state index is 6.14. The van der Waals surface area contributed by atoms with Crippen LogP contribution in [0.3, 0.4) is 0 Å². The van der Waals surface area contributed by atoms with Gasteiger partial charge in [-0.25, -0.2) is 0 Å². The molecule has 0 aromatic heterocycles. The van der Waals surface area contributed by atoms with Crippen LogP contribution in [0.25, 0.3) is 0 Å². The Kier molecular flexibility index (Phi) is 4.65. The number of fused-ring (bicyclic) bond motifs is 1. The predicted molar refractivity (Wildman–Crippen MR) is 95.0 cm³/mol. The van der Waals surface area contributed by atoms with E-state index >= 15 is 0 Å². The second kappa shape index (κ2) is 6.30. The molecule has 2 aromatic carbocycles. The Bertz CT molecular complexity index is 648. The molecule has 0 saturated heterocycles. The minimum absolute atomic E-state index is 0.308. The quantitative estimate of drug-likeness (QED) is 0.579. The highest BCUT2D eigenvalue weighted by molar-refractivity contribution is 9.11. The zero-order valence-corrected chi connectivity index (χ0v) is 15.2. The highest BCUT2D eigenvalue weighted by Gasteiger charge is 2.21. The molecule has 0 bridgehead atoms. The lowest BCUT2D eigenvalue weighted by molar-refractivity contribution is 0.728. The van der Waals surface area contributed by atoms with E-state index in [4.69, 9.17) is 11.6 Å². The maximum absolute atomic E-state index is 6.14. The molecule has 1 heterocycles. The zero-order chi connectivity index (χ0) is 14.1. The van der Waals surface area contributed by atoms with E-state index in [0.29, 0.717) is 6.04 Å². The van der Waals surface area contributed by atoms with E-state index in [2.05, 4.69) is 61.4 Å². The fourth-order valence-electron chi connectivity index (χ4n) is 2.31. The number of benzene rings is 2. The minimum Gasteiger partial charge on any atom is -0.377 e. The molecule has 0 aliphatic carbocycles. The van der Waals surface area contributed by atoms with Crippen LogP contribution in [0.2, 0.25) is 5.02 Å². The molecule has 0 spiro atoms. The van der Waals surface area contributed by atoms with Crippen molar-refractivity contribution < 1.29 is 0 Å². The number of nitrogens with one attached hydrogen (secondary N) is 1. The maximum Gasteiger partial charge on any atom is 0.0533 e. The molecule has 1 aliphatic rings. The van der Waals surface area contributed by atoms with Crippen molar-refractivity contribution in [2.24, 2.45) is 0 Å². The van der Waals surface area contributed by atoms with Gasteiger partial charge in [0, 0.05) is 30.3 Å². The third-order valence-electron chi connectivity index (χ3n) is 3.27. The molecule has 0 fully saturated rings. The Balaban J connectivity index is 1.91. The van der Waals surface area contributed by atoms with Crippen LogP contribution < -0.4 is 5.32 Å². The summed E-state index contributed by atoms with van der Waals surface area (Å²) in [5.41, 5.74) is 2.40. The van der Waals surface area contributed by atoms with Gasteiger partial charge in [0.25, 0.3) is 0 Å². The van der Waals surface area contributed by atoms with Crippen LogP contribution in [-0.2, 0) is 0 Å². The van der Waals surface area contributed by atoms with Gasteiger partial charge in [-0.1, -0.05) is 27.5 Å². The molecular formula is C15H12Br2ClNS. The van der Waals surface area contributed by atoms with Crippen molar-refractivity contribution in [1.29, 1.82) is 0 Å². The first-order chi connectivity index (χ1) is 9.63. The number of hydrogen-bond donors (Lipinski definition) is 1. The SMILES string of the molecule is Clc1ccc2c(c1)C(Nc1ccc(Br)cc1Br)CCS2. The van der Waals surface area contributed by atoms with Gasteiger partial charge >= 0.3 is 0 Å². The Morgan fingerprint density at radius 2 is 2.00 bits per heavy atom. The number of halogens is 3. The molecule has 1 aliphatic heterocycles. The van der Waals surface area contributed by atoms with Crippen molar-refractivity contribution in [3.05, 3.63) is 55.9 Å². The number of thioether (sulfide) groups is 1.